The van der Waals surface area contributed by atoms with Crippen molar-refractivity contribution in [2.24, 2.45) is 10.7 Å². The fourth-order valence-electron chi connectivity index (χ4n) is 2.83. The average molecular weight is 346 g/mol. The summed E-state index contributed by atoms with van der Waals surface area (Å²) in [6.07, 6.45) is 3.19. The molecule has 2 rings (SSSR count). The van der Waals surface area contributed by atoms with Crippen LogP contribution in [0.25, 0.3) is 0 Å². The molecule has 1 amide bonds. The van der Waals surface area contributed by atoms with Crippen molar-refractivity contribution in [1.29, 1.82) is 0 Å². The van der Waals surface area contributed by atoms with Gasteiger partial charge in [0.05, 0.1) is 6.54 Å². The number of rotatable bonds is 5. The van der Waals surface area contributed by atoms with E-state index in [9.17, 15) is 4.79 Å². The van der Waals surface area contributed by atoms with Crippen molar-refractivity contribution >= 4 is 17.7 Å². The molecule has 6 nitrogen and oxygen atoms in total. The Morgan fingerprint density at radius 2 is 2.04 bits per heavy atom. The van der Waals surface area contributed by atoms with Crippen molar-refractivity contribution < 1.29 is 9.53 Å². The molecule has 25 heavy (non-hydrogen) atoms. The normalized spacial score (nSPS) is 14.2. The fourth-order valence-corrected chi connectivity index (χ4v) is 2.83. The van der Waals surface area contributed by atoms with E-state index in [0.717, 1.165) is 18.5 Å². The molecular formula is C19H30N4O2. The molecule has 1 aliphatic rings. The van der Waals surface area contributed by atoms with Gasteiger partial charge < -0.3 is 20.7 Å². The molecule has 0 saturated heterocycles. The predicted molar refractivity (Wildman–Crippen MR) is 102 cm³/mol. The van der Waals surface area contributed by atoms with E-state index >= 15 is 0 Å². The number of amides is 1. The summed E-state index contributed by atoms with van der Waals surface area (Å²) in [7, 11) is 0. The Labute approximate surface area is 150 Å². The first kappa shape index (κ1) is 19.1. The fraction of sp³-hybridized carbons (Fsp3) is 0.579. The van der Waals surface area contributed by atoms with E-state index in [4.69, 9.17) is 10.5 Å². The lowest BCUT2D eigenvalue weighted by Gasteiger charge is -2.26. The van der Waals surface area contributed by atoms with E-state index in [-0.39, 0.29) is 6.09 Å². The Balaban J connectivity index is 1.84. The number of guanidine groups is 1. The van der Waals surface area contributed by atoms with Gasteiger partial charge in [-0.3, -0.25) is 4.99 Å². The first-order valence-corrected chi connectivity index (χ1v) is 8.95. The van der Waals surface area contributed by atoms with Gasteiger partial charge in [0.25, 0.3) is 0 Å². The highest BCUT2D eigenvalue weighted by atomic mass is 16.6. The molecule has 0 saturated carbocycles. The number of carbonyl (C=O) groups is 1. The summed E-state index contributed by atoms with van der Waals surface area (Å²) < 4.78 is 5.38. The van der Waals surface area contributed by atoms with Crippen LogP contribution in [0, 0.1) is 0 Å². The van der Waals surface area contributed by atoms with E-state index in [2.05, 4.69) is 22.4 Å². The second-order valence-corrected chi connectivity index (χ2v) is 7.29. The van der Waals surface area contributed by atoms with Crippen molar-refractivity contribution in [1.82, 2.24) is 4.90 Å². The number of carbonyl (C=O) groups excluding carboxylic acids is 1. The van der Waals surface area contributed by atoms with E-state index in [1.165, 1.54) is 17.5 Å². The molecule has 1 aromatic rings. The van der Waals surface area contributed by atoms with Crippen LogP contribution in [-0.2, 0) is 17.6 Å². The van der Waals surface area contributed by atoms with Crippen LogP contribution in [0.15, 0.2) is 23.2 Å². The lowest BCUT2D eigenvalue weighted by molar-refractivity contribution is 0.0266. The summed E-state index contributed by atoms with van der Waals surface area (Å²) in [5, 5.41) is 3.12. The first-order chi connectivity index (χ1) is 11.8. The number of benzene rings is 1. The first-order valence-electron chi connectivity index (χ1n) is 8.95. The summed E-state index contributed by atoms with van der Waals surface area (Å²) in [6, 6.07) is 6.33. The smallest absolute Gasteiger partial charge is 0.410 e. The van der Waals surface area contributed by atoms with Gasteiger partial charge in [-0.2, -0.15) is 0 Å². The Kier molecular flexibility index (Phi) is 6.28. The zero-order valence-corrected chi connectivity index (χ0v) is 15.8. The number of aliphatic imine (C=N–C) groups is 1. The number of ether oxygens (including phenoxy) is 1. The molecular weight excluding hydrogens is 316 g/mol. The second-order valence-electron chi connectivity index (χ2n) is 7.29. The number of hydrogen-bond acceptors (Lipinski definition) is 3. The van der Waals surface area contributed by atoms with Crippen LogP contribution in [-0.4, -0.2) is 42.2 Å². The van der Waals surface area contributed by atoms with Gasteiger partial charge in [-0.15, -0.1) is 0 Å². The maximum absolute atomic E-state index is 12.1. The number of nitrogens with two attached hydrogens (primary N) is 1. The molecule has 0 atom stereocenters. The SMILES string of the molecule is CCN(CCN=C(N)Nc1ccc2c(c1)CCC2)C(=O)OC(C)(C)C. The maximum Gasteiger partial charge on any atom is 0.410 e. The largest absolute Gasteiger partial charge is 0.444 e. The van der Waals surface area contributed by atoms with E-state index in [1.54, 1.807) is 4.90 Å². The van der Waals surface area contributed by atoms with E-state index in [1.807, 2.05) is 33.8 Å². The molecule has 138 valence electrons. The molecule has 1 aromatic carbocycles. The van der Waals surface area contributed by atoms with Crippen molar-refractivity contribution in [3.8, 4) is 0 Å². The molecule has 0 heterocycles. The van der Waals surface area contributed by atoms with Gasteiger partial charge in [0.1, 0.15) is 5.60 Å². The lowest BCUT2D eigenvalue weighted by Crippen LogP contribution is -2.38. The summed E-state index contributed by atoms with van der Waals surface area (Å²) >= 11 is 0. The van der Waals surface area contributed by atoms with Crippen molar-refractivity contribution in [2.45, 2.75) is 52.6 Å². The predicted octanol–water partition coefficient (Wildman–Crippen LogP) is 3.16. The van der Waals surface area contributed by atoms with Crippen molar-refractivity contribution in [3.63, 3.8) is 0 Å². The Hall–Kier alpha value is -2.24. The highest BCUT2D eigenvalue weighted by Gasteiger charge is 2.20. The Morgan fingerprint density at radius 1 is 1.32 bits per heavy atom. The van der Waals surface area contributed by atoms with Gasteiger partial charge in [0, 0.05) is 18.8 Å². The molecule has 0 unspecified atom stereocenters. The van der Waals surface area contributed by atoms with Crippen molar-refractivity contribution in [2.75, 3.05) is 25.0 Å². The molecule has 0 radical (unpaired) electrons. The van der Waals surface area contributed by atoms with Crippen LogP contribution in [0.1, 0.15) is 45.2 Å². The van der Waals surface area contributed by atoms with Crippen LogP contribution in [0.4, 0.5) is 10.5 Å². The second kappa shape index (κ2) is 8.23. The summed E-state index contributed by atoms with van der Waals surface area (Å²) in [4.78, 5) is 18.0. The number of aryl methyl sites for hydroxylation is 2. The van der Waals surface area contributed by atoms with Gasteiger partial charge in [0.15, 0.2) is 5.96 Å². The third-order valence-electron chi connectivity index (χ3n) is 4.06. The minimum Gasteiger partial charge on any atom is -0.444 e. The minimum atomic E-state index is -0.498. The lowest BCUT2D eigenvalue weighted by atomic mass is 10.1. The summed E-state index contributed by atoms with van der Waals surface area (Å²) in [5.41, 5.74) is 9.24. The Morgan fingerprint density at radius 3 is 2.72 bits per heavy atom. The number of nitrogens with zero attached hydrogens (tertiary/aromatic N) is 2. The van der Waals surface area contributed by atoms with Crippen LogP contribution in [0.3, 0.4) is 0 Å². The number of anilines is 1. The van der Waals surface area contributed by atoms with Gasteiger partial charge in [-0.25, -0.2) is 4.79 Å². The van der Waals surface area contributed by atoms with Crippen LogP contribution in [0.5, 0.6) is 0 Å². The average Bonchev–Trinajstić information content (AvgIpc) is 2.97. The highest BCUT2D eigenvalue weighted by Crippen LogP contribution is 2.24. The standard InChI is InChI=1S/C19H30N4O2/c1-5-23(18(24)25-19(2,3)4)12-11-21-17(20)22-16-10-9-14-7-6-8-15(14)13-16/h9-10,13H,5-8,11-12H2,1-4H3,(H3,20,21,22). The van der Waals surface area contributed by atoms with Crippen LogP contribution in [0.2, 0.25) is 0 Å². The number of nitrogens with one attached hydrogen (secondary N) is 1. The highest BCUT2D eigenvalue weighted by molar-refractivity contribution is 5.92. The molecule has 6 heteroatoms. The topological polar surface area (TPSA) is 80.0 Å². The van der Waals surface area contributed by atoms with Gasteiger partial charge in [-0.1, -0.05) is 6.07 Å². The molecule has 0 aromatic heterocycles. The van der Waals surface area contributed by atoms with E-state index in [0.29, 0.717) is 25.6 Å². The summed E-state index contributed by atoms with van der Waals surface area (Å²) in [6.45, 7) is 8.96. The zero-order valence-electron chi connectivity index (χ0n) is 15.8. The van der Waals surface area contributed by atoms with Gasteiger partial charge >= 0.3 is 6.09 Å². The molecule has 0 fully saturated rings. The molecule has 0 spiro atoms. The van der Waals surface area contributed by atoms with E-state index < -0.39 is 5.60 Å². The quantitative estimate of drug-likeness (QED) is 0.634. The zero-order chi connectivity index (χ0) is 18.4. The third-order valence-corrected chi connectivity index (χ3v) is 4.06. The minimum absolute atomic E-state index is 0.324. The van der Waals surface area contributed by atoms with Crippen LogP contribution < -0.4 is 11.1 Å². The molecule has 3 N–H and O–H groups in total. The molecule has 1 aliphatic carbocycles. The Bertz CT molecular complexity index is 635. The van der Waals surface area contributed by atoms with Crippen LogP contribution >= 0.6 is 0 Å². The summed E-state index contributed by atoms with van der Waals surface area (Å²) in [5.74, 6) is 0.359. The third kappa shape index (κ3) is 5.96. The molecule has 0 bridgehead atoms. The number of fused-ring (bicyclic) bond motifs is 1. The maximum atomic E-state index is 12.1. The molecule has 0 aliphatic heterocycles. The van der Waals surface area contributed by atoms with Gasteiger partial charge in [0.2, 0.25) is 0 Å². The van der Waals surface area contributed by atoms with Crippen molar-refractivity contribution in [3.05, 3.63) is 29.3 Å². The number of likely N-dealkylation sites (N-methyl/N-ethyl adjacent to an activating group) is 1. The van der Waals surface area contributed by atoms with Gasteiger partial charge in [-0.05, 0) is 70.2 Å². The number of hydrogen-bond donors (Lipinski definition) is 2. The monoisotopic (exact) mass is 346 g/mol.